The third-order valence-corrected chi connectivity index (χ3v) is 1.53. The van der Waals surface area contributed by atoms with Crippen molar-refractivity contribution in [2.45, 2.75) is 26.0 Å². The Morgan fingerprint density at radius 3 is 3.17 bits per heavy atom. The van der Waals surface area contributed by atoms with E-state index in [9.17, 15) is 5.11 Å². The Bertz CT molecular complexity index is 288. The molecule has 12 heavy (non-hydrogen) atoms. The summed E-state index contributed by atoms with van der Waals surface area (Å²) in [7, 11) is 0. The van der Waals surface area contributed by atoms with Crippen LogP contribution in [0.2, 0.25) is 0 Å². The van der Waals surface area contributed by atoms with Gasteiger partial charge >= 0.3 is 0 Å². The minimum atomic E-state index is -0.822. The van der Waals surface area contributed by atoms with Crippen molar-refractivity contribution in [2.75, 3.05) is 0 Å². The van der Waals surface area contributed by atoms with Crippen LogP contribution in [0.5, 0.6) is 0 Å². The fourth-order valence-corrected chi connectivity index (χ4v) is 0.953. The van der Waals surface area contributed by atoms with Crippen LogP contribution in [-0.4, -0.2) is 19.9 Å². The van der Waals surface area contributed by atoms with Crippen LogP contribution in [0.3, 0.4) is 0 Å². The molecule has 0 aromatic carbocycles. The van der Waals surface area contributed by atoms with E-state index in [0.717, 1.165) is 0 Å². The Labute approximate surface area is 70.3 Å². The first-order chi connectivity index (χ1) is 5.79. The number of aromatic nitrogens is 3. The van der Waals surface area contributed by atoms with Crippen LogP contribution in [0.4, 0.5) is 0 Å². The van der Waals surface area contributed by atoms with Crippen molar-refractivity contribution in [2.24, 2.45) is 0 Å². The van der Waals surface area contributed by atoms with E-state index in [1.165, 1.54) is 6.33 Å². The van der Waals surface area contributed by atoms with Gasteiger partial charge in [-0.05, 0) is 6.92 Å². The van der Waals surface area contributed by atoms with Gasteiger partial charge in [0.2, 0.25) is 0 Å². The third-order valence-electron chi connectivity index (χ3n) is 1.53. The van der Waals surface area contributed by atoms with Crippen LogP contribution >= 0.6 is 0 Å². The summed E-state index contributed by atoms with van der Waals surface area (Å²) in [5.74, 6) is 0.457. The summed E-state index contributed by atoms with van der Waals surface area (Å²) in [6.45, 7) is 2.55. The second-order valence-corrected chi connectivity index (χ2v) is 2.31. The standard InChI is InChI=1S/C7H10N4O/c1-2-11-7(9-5-10-11)6(12)3-4-8/h5-6,12H,2-3H2,1H3. The highest BCUT2D eigenvalue weighted by Crippen LogP contribution is 2.11. The molecule has 5 heteroatoms. The molecule has 0 spiro atoms. The molecular formula is C7H10N4O. The first-order valence-corrected chi connectivity index (χ1v) is 3.72. The highest BCUT2D eigenvalue weighted by molar-refractivity contribution is 4.94. The van der Waals surface area contributed by atoms with Crippen molar-refractivity contribution in [1.29, 1.82) is 5.26 Å². The van der Waals surface area contributed by atoms with Crippen LogP contribution in [0.1, 0.15) is 25.3 Å². The summed E-state index contributed by atoms with van der Waals surface area (Å²) >= 11 is 0. The Kier molecular flexibility index (Phi) is 2.77. The summed E-state index contributed by atoms with van der Waals surface area (Å²) in [4.78, 5) is 3.86. The molecule has 1 atom stereocenters. The minimum Gasteiger partial charge on any atom is -0.384 e. The van der Waals surface area contributed by atoms with Crippen molar-refractivity contribution in [3.63, 3.8) is 0 Å². The van der Waals surface area contributed by atoms with Gasteiger partial charge in [0.1, 0.15) is 12.4 Å². The van der Waals surface area contributed by atoms with Crippen LogP contribution in [-0.2, 0) is 6.54 Å². The Morgan fingerprint density at radius 2 is 2.58 bits per heavy atom. The van der Waals surface area contributed by atoms with Crippen molar-refractivity contribution in [3.8, 4) is 6.07 Å². The van der Waals surface area contributed by atoms with Crippen LogP contribution in [0.25, 0.3) is 0 Å². The van der Waals surface area contributed by atoms with E-state index in [1.54, 1.807) is 4.68 Å². The number of nitriles is 1. The molecule has 0 bridgehead atoms. The molecule has 1 aromatic rings. The average Bonchev–Trinajstić information content (AvgIpc) is 2.51. The van der Waals surface area contributed by atoms with E-state index in [4.69, 9.17) is 5.26 Å². The van der Waals surface area contributed by atoms with Crippen molar-refractivity contribution in [3.05, 3.63) is 12.2 Å². The predicted molar refractivity (Wildman–Crippen MR) is 40.9 cm³/mol. The van der Waals surface area contributed by atoms with Crippen LogP contribution < -0.4 is 0 Å². The summed E-state index contributed by atoms with van der Waals surface area (Å²) < 4.78 is 1.57. The number of hydrogen-bond acceptors (Lipinski definition) is 4. The van der Waals surface area contributed by atoms with Gasteiger partial charge in [-0.1, -0.05) is 0 Å². The molecule has 0 aliphatic rings. The lowest BCUT2D eigenvalue weighted by atomic mass is 10.2. The normalized spacial score (nSPS) is 12.4. The van der Waals surface area contributed by atoms with E-state index >= 15 is 0 Å². The van der Waals surface area contributed by atoms with Crippen molar-refractivity contribution in [1.82, 2.24) is 14.8 Å². The number of rotatable bonds is 3. The molecule has 1 aromatic heterocycles. The van der Waals surface area contributed by atoms with Crippen molar-refractivity contribution < 1.29 is 5.11 Å². The van der Waals surface area contributed by atoms with Crippen LogP contribution in [0.15, 0.2) is 6.33 Å². The second kappa shape index (κ2) is 3.83. The molecule has 0 saturated carbocycles. The van der Waals surface area contributed by atoms with E-state index in [2.05, 4.69) is 10.1 Å². The molecule has 0 aliphatic carbocycles. The summed E-state index contributed by atoms with van der Waals surface area (Å²) in [5.41, 5.74) is 0. The lowest BCUT2D eigenvalue weighted by molar-refractivity contribution is 0.167. The SMILES string of the molecule is CCn1ncnc1C(O)CC#N. The van der Waals surface area contributed by atoms with Gasteiger partial charge in [-0.3, -0.25) is 0 Å². The fraction of sp³-hybridized carbons (Fsp3) is 0.571. The van der Waals surface area contributed by atoms with Gasteiger partial charge in [-0.15, -0.1) is 0 Å². The molecular weight excluding hydrogens is 156 g/mol. The molecule has 5 nitrogen and oxygen atoms in total. The first-order valence-electron chi connectivity index (χ1n) is 3.72. The number of aryl methyl sites for hydroxylation is 1. The maximum absolute atomic E-state index is 9.38. The highest BCUT2D eigenvalue weighted by Gasteiger charge is 2.12. The monoisotopic (exact) mass is 166 g/mol. The van der Waals surface area contributed by atoms with Gasteiger partial charge in [-0.25, -0.2) is 9.67 Å². The van der Waals surface area contributed by atoms with Gasteiger partial charge in [0.15, 0.2) is 5.82 Å². The highest BCUT2D eigenvalue weighted by atomic mass is 16.3. The third kappa shape index (κ3) is 1.60. The topological polar surface area (TPSA) is 74.7 Å². The van der Waals surface area contributed by atoms with E-state index in [-0.39, 0.29) is 6.42 Å². The quantitative estimate of drug-likeness (QED) is 0.698. The largest absolute Gasteiger partial charge is 0.384 e. The van der Waals surface area contributed by atoms with E-state index < -0.39 is 6.10 Å². The van der Waals surface area contributed by atoms with Gasteiger partial charge < -0.3 is 5.11 Å². The molecule has 64 valence electrons. The predicted octanol–water partition coefficient (Wildman–Crippen LogP) is 0.245. The van der Waals surface area contributed by atoms with Gasteiger partial charge in [0, 0.05) is 6.54 Å². The number of hydrogen-bond donors (Lipinski definition) is 1. The van der Waals surface area contributed by atoms with Crippen molar-refractivity contribution >= 4 is 0 Å². The average molecular weight is 166 g/mol. The minimum absolute atomic E-state index is 0.0543. The van der Waals surface area contributed by atoms with Gasteiger partial charge in [0.25, 0.3) is 0 Å². The maximum Gasteiger partial charge on any atom is 0.156 e. The Morgan fingerprint density at radius 1 is 1.83 bits per heavy atom. The molecule has 1 unspecified atom stereocenters. The first kappa shape index (κ1) is 8.68. The van der Waals surface area contributed by atoms with E-state index in [0.29, 0.717) is 12.4 Å². The zero-order chi connectivity index (χ0) is 8.97. The summed E-state index contributed by atoms with van der Waals surface area (Å²) in [6.07, 6.45) is 0.607. The fourth-order valence-electron chi connectivity index (χ4n) is 0.953. The lowest BCUT2D eigenvalue weighted by Crippen LogP contribution is -2.08. The number of aliphatic hydroxyl groups excluding tert-OH is 1. The summed E-state index contributed by atoms with van der Waals surface area (Å²) in [6, 6.07) is 1.88. The van der Waals surface area contributed by atoms with Gasteiger partial charge in [0.05, 0.1) is 12.5 Å². The zero-order valence-corrected chi connectivity index (χ0v) is 6.80. The zero-order valence-electron chi connectivity index (χ0n) is 6.80. The van der Waals surface area contributed by atoms with E-state index in [1.807, 2.05) is 13.0 Å². The molecule has 0 amide bonds. The molecule has 0 fully saturated rings. The molecule has 1 rings (SSSR count). The number of aliphatic hydroxyl groups is 1. The molecule has 1 N–H and O–H groups in total. The molecule has 0 saturated heterocycles. The lowest BCUT2D eigenvalue weighted by Gasteiger charge is -2.05. The maximum atomic E-state index is 9.38. The van der Waals surface area contributed by atoms with Gasteiger partial charge in [-0.2, -0.15) is 10.4 Å². The Balaban J connectivity index is 2.80. The molecule has 1 heterocycles. The molecule has 0 radical (unpaired) electrons. The van der Waals surface area contributed by atoms with Crippen LogP contribution in [0, 0.1) is 11.3 Å². The number of nitrogens with zero attached hydrogens (tertiary/aromatic N) is 4. The second-order valence-electron chi connectivity index (χ2n) is 2.31. The smallest absolute Gasteiger partial charge is 0.156 e. The summed E-state index contributed by atoms with van der Waals surface area (Å²) in [5, 5.41) is 21.6. The Hall–Kier alpha value is -1.41. The molecule has 0 aliphatic heterocycles.